The first-order valence-corrected chi connectivity index (χ1v) is 10.6. The number of hydrogen-bond acceptors (Lipinski definition) is 3. The lowest BCUT2D eigenvalue weighted by Crippen LogP contribution is -2.41. The summed E-state index contributed by atoms with van der Waals surface area (Å²) in [4.78, 5) is 25.4. The number of nitrogens with one attached hydrogen (secondary N) is 1. The minimum Gasteiger partial charge on any atom is -0.444 e. The van der Waals surface area contributed by atoms with Crippen LogP contribution in [-0.2, 0) is 16.0 Å². The van der Waals surface area contributed by atoms with E-state index in [1.165, 1.54) is 24.8 Å². The summed E-state index contributed by atoms with van der Waals surface area (Å²) in [6.45, 7) is 9.20. The quantitative estimate of drug-likeness (QED) is 0.613. The van der Waals surface area contributed by atoms with Crippen molar-refractivity contribution in [1.29, 1.82) is 0 Å². The van der Waals surface area contributed by atoms with Crippen LogP contribution in [0, 0.1) is 5.92 Å². The molecular weight excluding hydrogens is 352 g/mol. The number of benzene rings is 1. The van der Waals surface area contributed by atoms with Crippen LogP contribution in [0.15, 0.2) is 24.3 Å². The van der Waals surface area contributed by atoms with Crippen molar-refractivity contribution in [3.8, 4) is 0 Å². The van der Waals surface area contributed by atoms with E-state index in [9.17, 15) is 9.59 Å². The molecule has 1 aromatic carbocycles. The molecule has 2 amide bonds. The lowest BCUT2D eigenvalue weighted by molar-refractivity contribution is -0.115. The number of unbranched alkanes of at least 4 members (excludes halogenated alkanes) is 1. The van der Waals surface area contributed by atoms with Crippen molar-refractivity contribution in [2.45, 2.75) is 78.2 Å². The number of ether oxygens (including phenoxy) is 1. The molecule has 1 heterocycles. The molecule has 1 aromatic rings. The van der Waals surface area contributed by atoms with E-state index in [4.69, 9.17) is 4.74 Å². The Labute approximate surface area is 171 Å². The third-order valence-corrected chi connectivity index (χ3v) is 5.15. The zero-order chi connectivity index (χ0) is 20.6. The predicted octanol–water partition coefficient (Wildman–Crippen LogP) is 5.64. The molecule has 1 aliphatic heterocycles. The van der Waals surface area contributed by atoms with Gasteiger partial charge >= 0.3 is 6.09 Å². The van der Waals surface area contributed by atoms with Gasteiger partial charge in [0.05, 0.1) is 0 Å². The second kappa shape index (κ2) is 10.5. The summed E-state index contributed by atoms with van der Waals surface area (Å²) < 4.78 is 5.46. The van der Waals surface area contributed by atoms with Gasteiger partial charge in [0.25, 0.3) is 0 Å². The Hall–Kier alpha value is -2.04. The van der Waals surface area contributed by atoms with Crippen molar-refractivity contribution in [2.24, 2.45) is 5.92 Å². The minimum atomic E-state index is -0.423. The van der Waals surface area contributed by atoms with Gasteiger partial charge in [-0.05, 0) is 70.1 Å². The highest BCUT2D eigenvalue weighted by atomic mass is 16.6. The van der Waals surface area contributed by atoms with E-state index in [1.807, 2.05) is 44.7 Å². The average Bonchev–Trinajstić information content (AvgIpc) is 2.65. The molecule has 2 rings (SSSR count). The van der Waals surface area contributed by atoms with Gasteiger partial charge in [-0.25, -0.2) is 4.79 Å². The molecule has 5 nitrogen and oxygen atoms in total. The lowest BCUT2D eigenvalue weighted by Gasteiger charge is -2.33. The zero-order valence-electron chi connectivity index (χ0n) is 17.9. The highest BCUT2D eigenvalue weighted by Gasteiger charge is 2.26. The summed E-state index contributed by atoms with van der Waals surface area (Å²) in [7, 11) is 0. The first kappa shape index (κ1) is 22.3. The van der Waals surface area contributed by atoms with Gasteiger partial charge in [0.1, 0.15) is 5.60 Å². The number of piperidine rings is 1. The molecule has 0 bridgehead atoms. The average molecular weight is 391 g/mol. The Bertz CT molecular complexity index is 633. The standard InChI is InChI=1S/C23H36N2O3.H2/c1-5-21(26)24-20-12-10-18(11-13-20)8-6-7-9-19-14-16-25(17-15-19)22(27)28-23(2,3)4;/h10-13,19H,5-9,14-17H2,1-4H3,(H,24,26);1H. The van der Waals surface area contributed by atoms with Gasteiger partial charge in [0, 0.05) is 26.6 Å². The van der Waals surface area contributed by atoms with Crippen LogP contribution in [0.25, 0.3) is 0 Å². The Balaban J connectivity index is 0.00000420. The number of hydrogen-bond donors (Lipinski definition) is 1. The van der Waals surface area contributed by atoms with Crippen LogP contribution in [0.3, 0.4) is 0 Å². The normalized spacial score (nSPS) is 15.4. The van der Waals surface area contributed by atoms with E-state index in [0.717, 1.165) is 38.0 Å². The van der Waals surface area contributed by atoms with Gasteiger partial charge in [-0.2, -0.15) is 0 Å². The van der Waals surface area contributed by atoms with Crippen LogP contribution in [0.1, 0.15) is 73.2 Å². The molecule has 0 unspecified atom stereocenters. The van der Waals surface area contributed by atoms with Crippen molar-refractivity contribution in [1.82, 2.24) is 4.90 Å². The predicted molar refractivity (Wildman–Crippen MR) is 116 cm³/mol. The number of likely N-dealkylation sites (tertiary alicyclic amines) is 1. The third-order valence-electron chi connectivity index (χ3n) is 5.15. The van der Waals surface area contributed by atoms with E-state index < -0.39 is 5.60 Å². The minimum absolute atomic E-state index is 0. The van der Waals surface area contributed by atoms with E-state index in [-0.39, 0.29) is 13.4 Å². The van der Waals surface area contributed by atoms with E-state index in [0.29, 0.717) is 12.3 Å². The van der Waals surface area contributed by atoms with Crippen LogP contribution in [0.5, 0.6) is 0 Å². The molecule has 158 valence electrons. The molecular formula is C23H38N2O3. The summed E-state index contributed by atoms with van der Waals surface area (Å²) in [5.74, 6) is 0.760. The Morgan fingerprint density at radius 1 is 1.14 bits per heavy atom. The summed E-state index contributed by atoms with van der Waals surface area (Å²) >= 11 is 0. The maximum absolute atomic E-state index is 12.1. The molecule has 1 aliphatic rings. The molecule has 1 saturated heterocycles. The first-order valence-electron chi connectivity index (χ1n) is 10.6. The summed E-state index contributed by atoms with van der Waals surface area (Å²) in [5.41, 5.74) is 1.76. The fraction of sp³-hybridized carbons (Fsp3) is 0.652. The molecule has 0 saturated carbocycles. The molecule has 0 aromatic heterocycles. The van der Waals surface area contributed by atoms with Crippen LogP contribution in [-0.4, -0.2) is 35.6 Å². The second-order valence-electron chi connectivity index (χ2n) is 8.76. The van der Waals surface area contributed by atoms with Crippen LogP contribution in [0.4, 0.5) is 10.5 Å². The largest absolute Gasteiger partial charge is 0.444 e. The Kier molecular flexibility index (Phi) is 8.34. The highest BCUT2D eigenvalue weighted by molar-refractivity contribution is 5.90. The smallest absolute Gasteiger partial charge is 0.410 e. The van der Waals surface area contributed by atoms with E-state index in [2.05, 4.69) is 17.4 Å². The van der Waals surface area contributed by atoms with Crippen molar-refractivity contribution in [2.75, 3.05) is 18.4 Å². The molecule has 28 heavy (non-hydrogen) atoms. The molecule has 0 aliphatic carbocycles. The number of aryl methyl sites for hydroxylation is 1. The number of amides is 2. The summed E-state index contributed by atoms with van der Waals surface area (Å²) in [6.07, 6.45) is 7.16. The van der Waals surface area contributed by atoms with Crippen LogP contribution in [0.2, 0.25) is 0 Å². The van der Waals surface area contributed by atoms with E-state index in [1.54, 1.807) is 0 Å². The molecule has 0 atom stereocenters. The van der Waals surface area contributed by atoms with Gasteiger partial charge in [0.15, 0.2) is 0 Å². The zero-order valence-corrected chi connectivity index (χ0v) is 17.9. The van der Waals surface area contributed by atoms with Crippen molar-refractivity contribution in [3.05, 3.63) is 29.8 Å². The maximum Gasteiger partial charge on any atom is 0.410 e. The molecule has 1 fully saturated rings. The summed E-state index contributed by atoms with van der Waals surface area (Å²) in [6, 6.07) is 8.17. The van der Waals surface area contributed by atoms with E-state index >= 15 is 0 Å². The third kappa shape index (κ3) is 7.91. The van der Waals surface area contributed by atoms with Gasteiger partial charge in [-0.15, -0.1) is 0 Å². The Morgan fingerprint density at radius 3 is 2.36 bits per heavy atom. The van der Waals surface area contributed by atoms with Gasteiger partial charge < -0.3 is 15.0 Å². The van der Waals surface area contributed by atoms with Crippen molar-refractivity contribution >= 4 is 17.7 Å². The molecule has 0 radical (unpaired) electrons. The van der Waals surface area contributed by atoms with Crippen LogP contribution >= 0.6 is 0 Å². The van der Waals surface area contributed by atoms with Gasteiger partial charge in [-0.1, -0.05) is 31.9 Å². The maximum atomic E-state index is 12.1. The van der Waals surface area contributed by atoms with Gasteiger partial charge in [0.2, 0.25) is 5.91 Å². The number of anilines is 1. The highest BCUT2D eigenvalue weighted by Crippen LogP contribution is 2.24. The van der Waals surface area contributed by atoms with Gasteiger partial charge in [-0.3, -0.25) is 4.79 Å². The van der Waals surface area contributed by atoms with Crippen molar-refractivity contribution < 1.29 is 15.8 Å². The molecule has 0 spiro atoms. The summed E-state index contributed by atoms with van der Waals surface area (Å²) in [5, 5.41) is 2.88. The number of carbonyl (C=O) groups is 2. The topological polar surface area (TPSA) is 58.6 Å². The Morgan fingerprint density at radius 2 is 1.79 bits per heavy atom. The number of carbonyl (C=O) groups excluding carboxylic acids is 2. The monoisotopic (exact) mass is 390 g/mol. The molecule has 1 N–H and O–H groups in total. The second-order valence-corrected chi connectivity index (χ2v) is 8.76. The lowest BCUT2D eigenvalue weighted by atomic mass is 9.91. The number of nitrogens with zero attached hydrogens (tertiary/aromatic N) is 1. The van der Waals surface area contributed by atoms with Crippen LogP contribution < -0.4 is 5.32 Å². The van der Waals surface area contributed by atoms with Crippen molar-refractivity contribution in [3.63, 3.8) is 0 Å². The fourth-order valence-corrected chi connectivity index (χ4v) is 3.50. The first-order chi connectivity index (χ1) is 13.3. The molecule has 5 heteroatoms. The fourth-order valence-electron chi connectivity index (χ4n) is 3.50. The number of rotatable bonds is 7. The SMILES string of the molecule is CCC(=O)Nc1ccc(CCCCC2CCN(C(=O)OC(C)(C)C)CC2)cc1.[HH].